The number of aromatic nitrogens is 2. The Hall–Kier alpha value is -2.72. The predicted molar refractivity (Wildman–Crippen MR) is 119 cm³/mol. The van der Waals surface area contributed by atoms with E-state index in [1.165, 1.54) is 12.1 Å². The Kier molecular flexibility index (Phi) is 6.85. The van der Waals surface area contributed by atoms with Gasteiger partial charge in [-0.3, -0.25) is 14.7 Å². The summed E-state index contributed by atoms with van der Waals surface area (Å²) in [6.45, 7) is 4.64. The molecule has 2 aliphatic heterocycles. The van der Waals surface area contributed by atoms with Crippen LogP contribution in [-0.4, -0.2) is 78.0 Å². The van der Waals surface area contributed by atoms with Gasteiger partial charge >= 0.3 is 6.18 Å². The van der Waals surface area contributed by atoms with Gasteiger partial charge in [-0.1, -0.05) is 18.2 Å². The van der Waals surface area contributed by atoms with Crippen LogP contribution in [0.25, 0.3) is 0 Å². The Morgan fingerprint density at radius 3 is 2.39 bits per heavy atom. The first-order valence-electron chi connectivity index (χ1n) is 11.2. The monoisotopic (exact) mass is 462 g/mol. The number of likely N-dealkylation sites (tertiary alicyclic amines) is 1. The van der Waals surface area contributed by atoms with Crippen LogP contribution >= 0.6 is 0 Å². The smallest absolute Gasteiger partial charge is 0.353 e. The van der Waals surface area contributed by atoms with Crippen LogP contribution in [0.15, 0.2) is 42.9 Å². The second-order valence-electron chi connectivity index (χ2n) is 8.77. The van der Waals surface area contributed by atoms with Gasteiger partial charge in [-0.25, -0.2) is 4.98 Å². The first-order valence-corrected chi connectivity index (χ1v) is 11.2. The van der Waals surface area contributed by atoms with Gasteiger partial charge < -0.3 is 15.5 Å². The third-order valence-corrected chi connectivity index (χ3v) is 6.87. The number of carbonyl (C=O) groups is 1. The van der Waals surface area contributed by atoms with Gasteiger partial charge in [0, 0.05) is 63.6 Å². The van der Waals surface area contributed by atoms with Gasteiger partial charge in [0.15, 0.2) is 0 Å². The summed E-state index contributed by atoms with van der Waals surface area (Å²) >= 11 is 0. The van der Waals surface area contributed by atoms with E-state index in [1.54, 1.807) is 24.7 Å². The van der Waals surface area contributed by atoms with Crippen molar-refractivity contribution in [2.24, 2.45) is 5.73 Å². The lowest BCUT2D eigenvalue weighted by Gasteiger charge is -2.42. The quantitative estimate of drug-likeness (QED) is 0.734. The number of piperidine rings is 1. The van der Waals surface area contributed by atoms with Gasteiger partial charge in [0.25, 0.3) is 0 Å². The molecule has 0 radical (unpaired) electrons. The average molecular weight is 463 g/mol. The summed E-state index contributed by atoms with van der Waals surface area (Å²) in [5, 5.41) is 0. The Morgan fingerprint density at radius 1 is 1.06 bits per heavy atom. The molecule has 2 N–H and O–H groups in total. The van der Waals surface area contributed by atoms with Gasteiger partial charge in [0.05, 0.1) is 18.3 Å². The molecule has 2 aromatic rings. The molecule has 0 aliphatic carbocycles. The average Bonchev–Trinajstić information content (AvgIpc) is 2.84. The molecule has 0 atom stereocenters. The zero-order valence-corrected chi connectivity index (χ0v) is 18.5. The number of piperazine rings is 1. The topological polar surface area (TPSA) is 78.6 Å². The van der Waals surface area contributed by atoms with Crippen LogP contribution in [0.2, 0.25) is 0 Å². The minimum Gasteiger partial charge on any atom is -0.353 e. The van der Waals surface area contributed by atoms with E-state index in [0.717, 1.165) is 38.1 Å². The molecule has 0 spiro atoms. The van der Waals surface area contributed by atoms with Crippen molar-refractivity contribution >= 4 is 11.7 Å². The van der Waals surface area contributed by atoms with Crippen molar-refractivity contribution in [3.05, 3.63) is 54.0 Å². The van der Waals surface area contributed by atoms with E-state index in [1.807, 2.05) is 4.90 Å². The maximum absolute atomic E-state index is 13.2. The molecule has 4 rings (SSSR count). The highest BCUT2D eigenvalue weighted by Gasteiger charge is 2.38. The lowest BCUT2D eigenvalue weighted by Crippen LogP contribution is -2.53. The van der Waals surface area contributed by atoms with Crippen LogP contribution in [0.4, 0.5) is 19.0 Å². The third kappa shape index (κ3) is 5.27. The molecule has 0 saturated carbocycles. The standard InChI is InChI=1S/C23H29F3N6O/c24-23(25,26)19-3-1-2-18(14-19)22(17-27)4-8-32(9-5-22)21(33)16-30-10-12-31(13-11-30)20-15-28-6-7-29-20/h1-3,6-7,14-15H,4-5,8-13,16-17,27H2. The van der Waals surface area contributed by atoms with Crippen molar-refractivity contribution in [1.82, 2.24) is 19.8 Å². The summed E-state index contributed by atoms with van der Waals surface area (Å²) in [6.07, 6.45) is 1.77. The first kappa shape index (κ1) is 23.4. The molecule has 1 amide bonds. The maximum Gasteiger partial charge on any atom is 0.416 e. The lowest BCUT2D eigenvalue weighted by molar-refractivity contribution is -0.137. The van der Waals surface area contributed by atoms with Crippen molar-refractivity contribution < 1.29 is 18.0 Å². The molecule has 7 nitrogen and oxygen atoms in total. The Balaban J connectivity index is 1.31. The highest BCUT2D eigenvalue weighted by molar-refractivity contribution is 5.78. The summed E-state index contributed by atoms with van der Waals surface area (Å²) in [7, 11) is 0. The fourth-order valence-corrected chi connectivity index (χ4v) is 4.70. The number of hydrogen-bond donors (Lipinski definition) is 1. The molecule has 178 valence electrons. The van der Waals surface area contributed by atoms with E-state index in [-0.39, 0.29) is 12.5 Å². The number of halogens is 3. The number of nitrogens with two attached hydrogens (primary N) is 1. The highest BCUT2D eigenvalue weighted by atomic mass is 19.4. The first-order chi connectivity index (χ1) is 15.8. The van der Waals surface area contributed by atoms with Gasteiger partial charge in [-0.15, -0.1) is 0 Å². The van der Waals surface area contributed by atoms with Crippen molar-refractivity contribution in [2.75, 3.05) is 57.3 Å². The number of benzene rings is 1. The SMILES string of the molecule is NCC1(c2cccc(C(F)(F)F)c2)CCN(C(=O)CN2CCN(c3cnccn3)CC2)CC1. The fourth-order valence-electron chi connectivity index (χ4n) is 4.70. The largest absolute Gasteiger partial charge is 0.416 e. The number of anilines is 1. The number of hydrogen-bond acceptors (Lipinski definition) is 6. The molecule has 0 unspecified atom stereocenters. The minimum absolute atomic E-state index is 0.0533. The minimum atomic E-state index is -4.39. The summed E-state index contributed by atoms with van der Waals surface area (Å²) < 4.78 is 39.5. The molecule has 1 aromatic carbocycles. The highest BCUT2D eigenvalue weighted by Crippen LogP contribution is 2.38. The van der Waals surface area contributed by atoms with Crippen LogP contribution < -0.4 is 10.6 Å². The molecule has 2 fully saturated rings. The van der Waals surface area contributed by atoms with E-state index >= 15 is 0 Å². The number of alkyl halides is 3. The molecular formula is C23H29F3N6O. The zero-order valence-electron chi connectivity index (χ0n) is 18.5. The Labute approximate surface area is 191 Å². The fraction of sp³-hybridized carbons (Fsp3) is 0.522. The summed E-state index contributed by atoms with van der Waals surface area (Å²) in [5.74, 6) is 0.893. The van der Waals surface area contributed by atoms with E-state index in [2.05, 4.69) is 19.8 Å². The molecule has 0 bridgehead atoms. The Morgan fingerprint density at radius 2 is 1.79 bits per heavy atom. The van der Waals surface area contributed by atoms with Crippen LogP contribution in [0, 0.1) is 0 Å². The van der Waals surface area contributed by atoms with E-state index in [9.17, 15) is 18.0 Å². The van der Waals surface area contributed by atoms with Crippen LogP contribution in [0.5, 0.6) is 0 Å². The van der Waals surface area contributed by atoms with Gasteiger partial charge in [0.2, 0.25) is 5.91 Å². The molecule has 2 aliphatic rings. The molecule has 33 heavy (non-hydrogen) atoms. The van der Waals surface area contributed by atoms with Gasteiger partial charge in [-0.05, 0) is 24.5 Å². The number of amides is 1. The van der Waals surface area contributed by atoms with Crippen molar-refractivity contribution in [1.29, 1.82) is 0 Å². The lowest BCUT2D eigenvalue weighted by atomic mass is 9.72. The van der Waals surface area contributed by atoms with E-state index in [4.69, 9.17) is 5.73 Å². The predicted octanol–water partition coefficient (Wildman–Crippen LogP) is 2.14. The molecule has 2 saturated heterocycles. The number of nitrogens with zero attached hydrogens (tertiary/aromatic N) is 5. The van der Waals surface area contributed by atoms with E-state index < -0.39 is 17.2 Å². The normalized spacial score (nSPS) is 19.5. The van der Waals surface area contributed by atoms with Crippen molar-refractivity contribution in [2.45, 2.75) is 24.4 Å². The van der Waals surface area contributed by atoms with Crippen LogP contribution in [0.1, 0.15) is 24.0 Å². The number of rotatable bonds is 5. The van der Waals surface area contributed by atoms with Crippen molar-refractivity contribution in [3.8, 4) is 0 Å². The zero-order chi connectivity index (χ0) is 23.5. The molecular weight excluding hydrogens is 433 g/mol. The van der Waals surface area contributed by atoms with Gasteiger partial charge in [0.1, 0.15) is 5.82 Å². The third-order valence-electron chi connectivity index (χ3n) is 6.87. The molecule has 3 heterocycles. The number of carbonyl (C=O) groups excluding carboxylic acids is 1. The molecule has 10 heteroatoms. The summed E-state index contributed by atoms with van der Waals surface area (Å²) in [5.41, 5.74) is 5.46. The Bertz CT molecular complexity index is 939. The summed E-state index contributed by atoms with van der Waals surface area (Å²) in [6, 6.07) is 5.45. The van der Waals surface area contributed by atoms with E-state index in [0.29, 0.717) is 38.0 Å². The molecule has 1 aromatic heterocycles. The van der Waals surface area contributed by atoms with Gasteiger partial charge in [-0.2, -0.15) is 13.2 Å². The second kappa shape index (κ2) is 9.64. The van der Waals surface area contributed by atoms with Crippen LogP contribution in [-0.2, 0) is 16.4 Å². The second-order valence-corrected chi connectivity index (χ2v) is 8.77. The van der Waals surface area contributed by atoms with Crippen LogP contribution in [0.3, 0.4) is 0 Å². The van der Waals surface area contributed by atoms with Crippen molar-refractivity contribution in [3.63, 3.8) is 0 Å². The summed E-state index contributed by atoms with van der Waals surface area (Å²) in [4.78, 5) is 27.4. The maximum atomic E-state index is 13.2.